The number of carbonyl (C=O) groups is 1. The topological polar surface area (TPSA) is 125 Å². The Kier molecular flexibility index (Phi) is 5.66. The lowest BCUT2D eigenvalue weighted by atomic mass is 10.4. The van der Waals surface area contributed by atoms with Gasteiger partial charge >= 0.3 is 6.03 Å². The smallest absolute Gasteiger partial charge is 0.312 e. The lowest BCUT2D eigenvalue weighted by molar-refractivity contribution is 0.249. The van der Waals surface area contributed by atoms with Crippen molar-refractivity contribution in [3.8, 4) is 6.07 Å². The number of nitrogens with one attached hydrogen (secondary N) is 2. The zero-order valence-corrected chi connectivity index (χ0v) is 9.17. The molecule has 0 saturated heterocycles. The molecule has 0 aliphatic rings. The van der Waals surface area contributed by atoms with Crippen LogP contribution in [0.3, 0.4) is 0 Å². The average molecular weight is 234 g/mol. The van der Waals surface area contributed by atoms with Gasteiger partial charge in [-0.15, -0.1) is 0 Å². The van der Waals surface area contributed by atoms with Crippen LogP contribution in [0, 0.1) is 11.3 Å². The lowest BCUT2D eigenvalue weighted by Gasteiger charge is -2.09. The van der Waals surface area contributed by atoms with Crippen LogP contribution < -0.4 is 15.8 Å². The van der Waals surface area contributed by atoms with Crippen LogP contribution in [0.1, 0.15) is 13.3 Å². The van der Waals surface area contributed by atoms with Crippen LogP contribution in [0.5, 0.6) is 0 Å². The summed E-state index contributed by atoms with van der Waals surface area (Å²) in [6.45, 7) is 1.72. The first-order valence-electron chi connectivity index (χ1n) is 4.35. The van der Waals surface area contributed by atoms with Gasteiger partial charge in [-0.1, -0.05) is 6.92 Å². The number of urea groups is 1. The van der Waals surface area contributed by atoms with Crippen molar-refractivity contribution in [2.75, 3.05) is 13.1 Å². The molecule has 86 valence electrons. The molecule has 4 N–H and O–H groups in total. The molecular weight excluding hydrogens is 220 g/mol. The van der Waals surface area contributed by atoms with Gasteiger partial charge in [-0.3, -0.25) is 0 Å². The molecule has 8 heteroatoms. The molecule has 0 bridgehead atoms. The van der Waals surface area contributed by atoms with E-state index in [0.717, 1.165) is 0 Å². The van der Waals surface area contributed by atoms with Crippen molar-refractivity contribution < 1.29 is 13.2 Å². The highest BCUT2D eigenvalue weighted by Crippen LogP contribution is 2.01. The Morgan fingerprint density at radius 3 is 2.53 bits per heavy atom. The summed E-state index contributed by atoms with van der Waals surface area (Å²) in [5.74, 6) is 0. The molecule has 1 atom stereocenters. The van der Waals surface area contributed by atoms with E-state index in [4.69, 9.17) is 11.0 Å². The molecular formula is C7H14N4O3S. The summed E-state index contributed by atoms with van der Waals surface area (Å²) >= 11 is 0. The Balaban J connectivity index is 4.06. The number of sulfonamides is 1. The molecule has 0 spiro atoms. The Morgan fingerprint density at radius 1 is 1.53 bits per heavy atom. The first kappa shape index (κ1) is 13.7. The van der Waals surface area contributed by atoms with E-state index < -0.39 is 21.3 Å². The number of hydrogen-bond acceptors (Lipinski definition) is 4. The molecule has 0 radical (unpaired) electrons. The van der Waals surface area contributed by atoms with Crippen molar-refractivity contribution >= 4 is 16.1 Å². The van der Waals surface area contributed by atoms with Gasteiger partial charge in [0.1, 0.15) is 0 Å². The minimum atomic E-state index is -3.62. The predicted molar refractivity (Wildman–Crippen MR) is 54.2 cm³/mol. The van der Waals surface area contributed by atoms with Crippen LogP contribution in [0.2, 0.25) is 0 Å². The summed E-state index contributed by atoms with van der Waals surface area (Å²) in [5, 5.41) is 9.71. The summed E-state index contributed by atoms with van der Waals surface area (Å²) in [6.07, 6.45) is 0.217. The molecule has 7 nitrogen and oxygen atoms in total. The van der Waals surface area contributed by atoms with E-state index in [1.165, 1.54) is 0 Å². The number of hydrogen-bond donors (Lipinski definition) is 3. The van der Waals surface area contributed by atoms with E-state index in [1.54, 1.807) is 13.0 Å². The fraction of sp³-hybridized carbons (Fsp3) is 0.714. The van der Waals surface area contributed by atoms with Crippen LogP contribution in [-0.2, 0) is 10.0 Å². The van der Waals surface area contributed by atoms with Crippen LogP contribution in [0.15, 0.2) is 0 Å². The number of nitrogens with zero attached hydrogens (tertiary/aromatic N) is 1. The number of carbonyl (C=O) groups excluding carboxylic acids is 1. The summed E-state index contributed by atoms with van der Waals surface area (Å²) in [4.78, 5) is 10.3. The lowest BCUT2D eigenvalue weighted by Crippen LogP contribution is -2.40. The molecule has 0 aliphatic carbocycles. The standard InChI is InChI=1S/C7H14N4O3S/c1-2-6(5-8)15(13,14)11-4-3-10-7(9)12/h6,11H,2-4H2,1H3,(H3,9,10,12). The zero-order chi connectivity index (χ0) is 11.9. The van der Waals surface area contributed by atoms with Gasteiger partial charge in [0.15, 0.2) is 5.25 Å². The molecule has 0 aromatic heterocycles. The molecule has 0 rings (SSSR count). The summed E-state index contributed by atoms with van der Waals surface area (Å²) in [6, 6.07) is 0.958. The number of amides is 2. The van der Waals surface area contributed by atoms with E-state index in [-0.39, 0.29) is 19.5 Å². The molecule has 2 amide bonds. The number of nitrogens with two attached hydrogens (primary N) is 1. The molecule has 0 saturated carbocycles. The summed E-state index contributed by atoms with van der Waals surface area (Å²) in [7, 11) is -3.62. The van der Waals surface area contributed by atoms with Crippen molar-refractivity contribution in [3.05, 3.63) is 0 Å². The van der Waals surface area contributed by atoms with Gasteiger partial charge in [-0.2, -0.15) is 5.26 Å². The first-order valence-corrected chi connectivity index (χ1v) is 5.90. The normalized spacial score (nSPS) is 12.8. The van der Waals surface area contributed by atoms with Gasteiger partial charge in [0.05, 0.1) is 6.07 Å². The SMILES string of the molecule is CCC(C#N)S(=O)(=O)NCCNC(N)=O. The van der Waals surface area contributed by atoms with Gasteiger partial charge < -0.3 is 11.1 Å². The zero-order valence-electron chi connectivity index (χ0n) is 8.36. The highest BCUT2D eigenvalue weighted by atomic mass is 32.2. The third-order valence-corrected chi connectivity index (χ3v) is 3.41. The second-order valence-electron chi connectivity index (χ2n) is 2.76. The van der Waals surface area contributed by atoms with Crippen molar-refractivity contribution in [2.45, 2.75) is 18.6 Å². The third-order valence-electron chi connectivity index (χ3n) is 1.62. The molecule has 0 heterocycles. The van der Waals surface area contributed by atoms with E-state index >= 15 is 0 Å². The minimum absolute atomic E-state index is 0.0173. The molecule has 0 aliphatic heterocycles. The maximum atomic E-state index is 11.4. The number of rotatable bonds is 6. The van der Waals surface area contributed by atoms with Crippen molar-refractivity contribution in [1.82, 2.24) is 10.0 Å². The van der Waals surface area contributed by atoms with Crippen molar-refractivity contribution in [2.24, 2.45) is 5.73 Å². The molecule has 0 aromatic rings. The van der Waals surface area contributed by atoms with Gasteiger partial charge in [0.25, 0.3) is 0 Å². The van der Waals surface area contributed by atoms with E-state index in [9.17, 15) is 13.2 Å². The van der Waals surface area contributed by atoms with E-state index in [1.807, 2.05) is 0 Å². The fourth-order valence-corrected chi connectivity index (χ4v) is 2.03. The van der Waals surface area contributed by atoms with Gasteiger partial charge in [-0.25, -0.2) is 17.9 Å². The van der Waals surface area contributed by atoms with Crippen molar-refractivity contribution in [3.63, 3.8) is 0 Å². The quantitative estimate of drug-likeness (QED) is 0.503. The van der Waals surface area contributed by atoms with Gasteiger partial charge in [-0.05, 0) is 6.42 Å². The van der Waals surface area contributed by atoms with Gasteiger partial charge in [0, 0.05) is 13.1 Å². The highest BCUT2D eigenvalue weighted by molar-refractivity contribution is 7.90. The minimum Gasteiger partial charge on any atom is -0.352 e. The second-order valence-corrected chi connectivity index (χ2v) is 4.70. The molecule has 15 heavy (non-hydrogen) atoms. The highest BCUT2D eigenvalue weighted by Gasteiger charge is 2.22. The Morgan fingerprint density at radius 2 is 2.13 bits per heavy atom. The summed E-state index contributed by atoms with van der Waals surface area (Å²) in [5.41, 5.74) is 4.77. The van der Waals surface area contributed by atoms with E-state index in [0.29, 0.717) is 0 Å². The van der Waals surface area contributed by atoms with Crippen LogP contribution in [0.25, 0.3) is 0 Å². The van der Waals surface area contributed by atoms with Gasteiger partial charge in [0.2, 0.25) is 10.0 Å². The number of primary amides is 1. The van der Waals surface area contributed by atoms with Crippen LogP contribution >= 0.6 is 0 Å². The predicted octanol–water partition coefficient (Wildman–Crippen LogP) is -1.12. The monoisotopic (exact) mass is 234 g/mol. The fourth-order valence-electron chi connectivity index (χ4n) is 0.860. The molecule has 0 aromatic carbocycles. The number of nitriles is 1. The Hall–Kier alpha value is -1.33. The van der Waals surface area contributed by atoms with Crippen LogP contribution in [-0.4, -0.2) is 32.8 Å². The Labute approximate surface area is 88.7 Å². The average Bonchev–Trinajstić information content (AvgIpc) is 2.14. The Bertz CT molecular complexity index is 346. The third kappa shape index (κ3) is 5.19. The molecule has 0 fully saturated rings. The van der Waals surface area contributed by atoms with Crippen LogP contribution in [0.4, 0.5) is 4.79 Å². The maximum Gasteiger partial charge on any atom is 0.312 e. The maximum absolute atomic E-state index is 11.4. The van der Waals surface area contributed by atoms with E-state index in [2.05, 4.69) is 10.0 Å². The second kappa shape index (κ2) is 6.21. The largest absolute Gasteiger partial charge is 0.352 e. The first-order chi connectivity index (χ1) is 6.94. The summed E-state index contributed by atoms with van der Waals surface area (Å²) < 4.78 is 24.9. The molecule has 1 unspecified atom stereocenters. The van der Waals surface area contributed by atoms with Crippen molar-refractivity contribution in [1.29, 1.82) is 5.26 Å².